The number of nitrogens with one attached hydrogen (secondary N) is 2. The number of rotatable bonds is 5. The third-order valence-electron chi connectivity index (χ3n) is 2.91. The molecule has 136 valence electrons. The summed E-state index contributed by atoms with van der Waals surface area (Å²) in [6.07, 6.45) is -9.34. The van der Waals surface area contributed by atoms with Crippen molar-refractivity contribution in [2.45, 2.75) is 18.8 Å². The van der Waals surface area contributed by atoms with Crippen LogP contribution in [0.15, 0.2) is 18.2 Å². The van der Waals surface area contributed by atoms with Gasteiger partial charge in [0.1, 0.15) is 0 Å². The van der Waals surface area contributed by atoms with Crippen molar-refractivity contribution in [3.8, 4) is 0 Å². The van der Waals surface area contributed by atoms with E-state index in [1.54, 1.807) is 0 Å². The summed E-state index contributed by atoms with van der Waals surface area (Å²) in [7, 11) is 3.64. The highest BCUT2D eigenvalue weighted by molar-refractivity contribution is 5.89. The van der Waals surface area contributed by atoms with Gasteiger partial charge in [-0.3, -0.25) is 0 Å². The number of benzene rings is 1. The Hall–Kier alpha value is -1.97. The van der Waals surface area contributed by atoms with Crippen molar-refractivity contribution in [2.75, 3.05) is 32.5 Å². The van der Waals surface area contributed by atoms with Crippen LogP contribution in [0.3, 0.4) is 0 Å². The molecular formula is C14H17F6N3O. The molecule has 0 radical (unpaired) electrons. The number of alkyl halides is 6. The Bertz CT molecular complexity index is 536. The van der Waals surface area contributed by atoms with E-state index in [0.717, 1.165) is 0 Å². The molecule has 2 amide bonds. The summed E-state index contributed by atoms with van der Waals surface area (Å²) in [5.74, 6) is 0. The summed E-state index contributed by atoms with van der Waals surface area (Å²) in [4.78, 5) is 13.4. The van der Waals surface area contributed by atoms with Crippen molar-refractivity contribution in [1.82, 2.24) is 10.2 Å². The highest BCUT2D eigenvalue weighted by Crippen LogP contribution is 2.37. The van der Waals surface area contributed by atoms with Crippen LogP contribution in [0.4, 0.5) is 36.8 Å². The molecule has 0 bridgehead atoms. The SMILES string of the molecule is CN(C)CCCNC(=O)Nc1cc(C(F)(F)F)cc(C(F)(F)F)c1. The fourth-order valence-electron chi connectivity index (χ4n) is 1.80. The minimum Gasteiger partial charge on any atom is -0.338 e. The van der Waals surface area contributed by atoms with Crippen molar-refractivity contribution in [3.63, 3.8) is 0 Å². The van der Waals surface area contributed by atoms with Crippen LogP contribution in [0.25, 0.3) is 0 Å². The molecule has 0 heterocycles. The Morgan fingerprint density at radius 1 is 1.00 bits per heavy atom. The number of amides is 2. The van der Waals surface area contributed by atoms with Gasteiger partial charge in [-0.15, -0.1) is 0 Å². The zero-order valence-electron chi connectivity index (χ0n) is 13.0. The lowest BCUT2D eigenvalue weighted by Crippen LogP contribution is -2.31. The first-order valence-corrected chi connectivity index (χ1v) is 6.88. The van der Waals surface area contributed by atoms with Gasteiger partial charge < -0.3 is 15.5 Å². The van der Waals surface area contributed by atoms with Crippen molar-refractivity contribution < 1.29 is 31.1 Å². The number of nitrogens with zero attached hydrogens (tertiary/aromatic N) is 1. The molecule has 1 rings (SSSR count). The maximum absolute atomic E-state index is 12.7. The van der Waals surface area contributed by atoms with Crippen LogP contribution in [0.2, 0.25) is 0 Å². The zero-order valence-corrected chi connectivity index (χ0v) is 13.0. The number of halogens is 6. The largest absolute Gasteiger partial charge is 0.416 e. The van der Waals surface area contributed by atoms with Gasteiger partial charge in [-0.25, -0.2) is 4.79 Å². The zero-order chi connectivity index (χ0) is 18.5. The van der Waals surface area contributed by atoms with E-state index in [0.29, 0.717) is 25.1 Å². The number of carbonyl (C=O) groups is 1. The molecule has 0 spiro atoms. The first-order valence-electron chi connectivity index (χ1n) is 6.88. The Morgan fingerprint density at radius 2 is 1.50 bits per heavy atom. The van der Waals surface area contributed by atoms with Gasteiger partial charge in [0.15, 0.2) is 0 Å². The summed E-state index contributed by atoms with van der Waals surface area (Å²) >= 11 is 0. The van der Waals surface area contributed by atoms with Gasteiger partial charge in [-0.05, 0) is 45.3 Å². The molecule has 0 fully saturated rings. The molecule has 1 aromatic rings. The Balaban J connectivity index is 2.85. The average Bonchev–Trinajstić information content (AvgIpc) is 2.41. The lowest BCUT2D eigenvalue weighted by Gasteiger charge is -2.15. The predicted molar refractivity (Wildman–Crippen MR) is 76.6 cm³/mol. The first kappa shape index (κ1) is 20.1. The van der Waals surface area contributed by atoms with Crippen LogP contribution in [-0.2, 0) is 12.4 Å². The van der Waals surface area contributed by atoms with Gasteiger partial charge in [-0.1, -0.05) is 0 Å². The predicted octanol–water partition coefficient (Wildman–Crippen LogP) is 3.80. The Morgan fingerprint density at radius 3 is 1.92 bits per heavy atom. The van der Waals surface area contributed by atoms with E-state index in [-0.39, 0.29) is 12.6 Å². The molecule has 0 unspecified atom stereocenters. The van der Waals surface area contributed by atoms with Crippen LogP contribution in [-0.4, -0.2) is 38.1 Å². The van der Waals surface area contributed by atoms with Gasteiger partial charge in [0, 0.05) is 12.2 Å². The van der Waals surface area contributed by atoms with Crippen molar-refractivity contribution in [2.24, 2.45) is 0 Å². The molecule has 0 aromatic heterocycles. The van der Waals surface area contributed by atoms with Crippen molar-refractivity contribution in [3.05, 3.63) is 29.3 Å². The number of carbonyl (C=O) groups excluding carboxylic acids is 1. The summed E-state index contributed by atoms with van der Waals surface area (Å²) in [5.41, 5.74) is -3.55. The third kappa shape index (κ3) is 6.65. The molecule has 2 N–H and O–H groups in total. The van der Waals surface area contributed by atoms with Crippen molar-refractivity contribution >= 4 is 11.7 Å². The quantitative estimate of drug-likeness (QED) is 0.622. The molecule has 0 aliphatic heterocycles. The summed E-state index contributed by atoms with van der Waals surface area (Å²) in [6, 6.07) is 0.0323. The van der Waals surface area contributed by atoms with E-state index >= 15 is 0 Å². The number of hydrogen-bond donors (Lipinski definition) is 2. The topological polar surface area (TPSA) is 44.4 Å². The maximum atomic E-state index is 12.7. The summed E-state index contributed by atoms with van der Waals surface area (Å²) < 4.78 is 76.2. The maximum Gasteiger partial charge on any atom is 0.416 e. The first-order chi connectivity index (χ1) is 10.9. The van der Waals surface area contributed by atoms with E-state index in [9.17, 15) is 31.1 Å². The highest BCUT2D eigenvalue weighted by atomic mass is 19.4. The second-order valence-corrected chi connectivity index (χ2v) is 5.33. The molecule has 1 aromatic carbocycles. The lowest BCUT2D eigenvalue weighted by atomic mass is 10.1. The van der Waals surface area contributed by atoms with Gasteiger partial charge in [0.2, 0.25) is 0 Å². The normalized spacial score (nSPS) is 12.4. The fraction of sp³-hybridized carbons (Fsp3) is 0.500. The molecule has 24 heavy (non-hydrogen) atoms. The van der Waals surface area contributed by atoms with Crippen LogP contribution < -0.4 is 10.6 Å². The van der Waals surface area contributed by atoms with E-state index in [4.69, 9.17) is 0 Å². The van der Waals surface area contributed by atoms with Crippen LogP contribution >= 0.6 is 0 Å². The lowest BCUT2D eigenvalue weighted by molar-refractivity contribution is -0.143. The van der Waals surface area contributed by atoms with Gasteiger partial charge in [-0.2, -0.15) is 26.3 Å². The number of urea groups is 1. The van der Waals surface area contributed by atoms with Gasteiger partial charge in [0.05, 0.1) is 11.1 Å². The highest BCUT2D eigenvalue weighted by Gasteiger charge is 2.37. The minimum absolute atomic E-state index is 0.000166. The monoisotopic (exact) mass is 357 g/mol. The van der Waals surface area contributed by atoms with E-state index in [1.807, 2.05) is 24.3 Å². The number of hydrogen-bond acceptors (Lipinski definition) is 2. The van der Waals surface area contributed by atoms with Crippen LogP contribution in [0.5, 0.6) is 0 Å². The smallest absolute Gasteiger partial charge is 0.338 e. The molecule has 4 nitrogen and oxygen atoms in total. The molecular weight excluding hydrogens is 340 g/mol. The number of anilines is 1. The summed E-state index contributed by atoms with van der Waals surface area (Å²) in [5, 5.41) is 4.36. The summed E-state index contributed by atoms with van der Waals surface area (Å²) in [6.45, 7) is 0.900. The average molecular weight is 357 g/mol. The Kier molecular flexibility index (Phi) is 6.47. The molecule has 0 aliphatic rings. The van der Waals surface area contributed by atoms with Gasteiger partial charge in [0.25, 0.3) is 0 Å². The van der Waals surface area contributed by atoms with Crippen LogP contribution in [0, 0.1) is 0 Å². The fourth-order valence-corrected chi connectivity index (χ4v) is 1.80. The molecule has 0 aliphatic carbocycles. The second kappa shape index (κ2) is 7.73. The second-order valence-electron chi connectivity index (χ2n) is 5.33. The molecule has 0 atom stereocenters. The molecule has 0 saturated carbocycles. The molecule has 0 saturated heterocycles. The third-order valence-corrected chi connectivity index (χ3v) is 2.91. The minimum atomic E-state index is -4.96. The van der Waals surface area contributed by atoms with Crippen molar-refractivity contribution in [1.29, 1.82) is 0 Å². The van der Waals surface area contributed by atoms with E-state index < -0.39 is 35.2 Å². The van der Waals surface area contributed by atoms with E-state index in [1.165, 1.54) is 0 Å². The Labute approximate surface area is 134 Å². The standard InChI is InChI=1S/C14H17F6N3O/c1-23(2)5-3-4-21-12(24)22-11-7-9(13(15,16)17)6-10(8-11)14(18,19)20/h6-8H,3-5H2,1-2H3,(H2,21,22,24). The molecule has 10 heteroatoms. The van der Waals surface area contributed by atoms with Crippen LogP contribution in [0.1, 0.15) is 17.5 Å². The van der Waals surface area contributed by atoms with E-state index in [2.05, 4.69) is 5.32 Å². The van der Waals surface area contributed by atoms with Gasteiger partial charge >= 0.3 is 18.4 Å².